The van der Waals surface area contributed by atoms with Gasteiger partial charge in [-0.25, -0.2) is 13.8 Å². The molecule has 0 aromatic carbocycles. The van der Waals surface area contributed by atoms with Crippen molar-refractivity contribution in [2.75, 3.05) is 0 Å². The van der Waals surface area contributed by atoms with Gasteiger partial charge in [0.15, 0.2) is 5.69 Å². The van der Waals surface area contributed by atoms with E-state index < -0.39 is 17.1 Å². The van der Waals surface area contributed by atoms with Gasteiger partial charge in [0.1, 0.15) is 0 Å². The van der Waals surface area contributed by atoms with Crippen LogP contribution in [0.15, 0.2) is 27.9 Å². The van der Waals surface area contributed by atoms with Crippen molar-refractivity contribution in [3.05, 3.63) is 44.7 Å². The normalized spacial score (nSPS) is 10.8. The van der Waals surface area contributed by atoms with Crippen LogP contribution in [0.25, 0.3) is 0 Å². The molecule has 0 aliphatic heterocycles. The maximum atomic E-state index is 11.1. The van der Waals surface area contributed by atoms with Crippen LogP contribution in [0.5, 0.6) is 0 Å². The van der Waals surface area contributed by atoms with Gasteiger partial charge in [-0.15, -0.1) is 0 Å². The lowest BCUT2D eigenvalue weighted by Crippen LogP contribution is -2.16. The van der Waals surface area contributed by atoms with E-state index in [1.807, 2.05) is 0 Å². The molecule has 0 aliphatic rings. The zero-order valence-electron chi connectivity index (χ0n) is 6.30. The Morgan fingerprint density at radius 1 is 1.31 bits per heavy atom. The van der Waals surface area contributed by atoms with E-state index in [-0.39, 0.29) is 5.69 Å². The van der Waals surface area contributed by atoms with E-state index in [1.165, 1.54) is 6.20 Å². The molecule has 66 valence electrons. The maximum Gasteiger partial charge on any atom is 0.354 e. The third-order valence-electron chi connectivity index (χ3n) is 1.72. The first-order chi connectivity index (χ1) is 6.11. The average Bonchev–Trinajstić information content (AvgIpc) is 2.55. The third kappa shape index (κ3) is 0.851. The predicted molar refractivity (Wildman–Crippen MR) is 41.5 cm³/mol. The first kappa shape index (κ1) is 7.53. The highest BCUT2D eigenvalue weighted by atomic mass is 16.4. The Bertz CT molecular complexity index is 577. The van der Waals surface area contributed by atoms with Crippen LogP contribution >= 0.6 is 0 Å². The first-order valence-corrected chi connectivity index (χ1v) is 3.41. The third-order valence-corrected chi connectivity index (χ3v) is 1.72. The number of aromatic nitrogens is 2. The van der Waals surface area contributed by atoms with Gasteiger partial charge in [-0.2, -0.15) is 0 Å². The zero-order valence-corrected chi connectivity index (χ0v) is 6.30. The molecule has 0 bridgehead atoms. The Morgan fingerprint density at radius 3 is 2.62 bits per heavy atom. The van der Waals surface area contributed by atoms with E-state index in [0.29, 0.717) is 0 Å². The van der Waals surface area contributed by atoms with Crippen LogP contribution in [0.3, 0.4) is 0 Å². The molecule has 2 aromatic rings. The molecule has 1 N–H and O–H groups in total. The number of rotatable bonds is 1. The molecule has 6 heteroatoms. The summed E-state index contributed by atoms with van der Waals surface area (Å²) in [5.41, 5.74) is -1.38. The summed E-state index contributed by atoms with van der Waals surface area (Å²) in [6.45, 7) is 0. The van der Waals surface area contributed by atoms with Crippen LogP contribution in [0.4, 0.5) is 0 Å². The van der Waals surface area contributed by atoms with Gasteiger partial charge in [-0.1, -0.05) is 0 Å². The predicted octanol–water partition coefficient (Wildman–Crippen LogP) is -1.10. The highest BCUT2D eigenvalue weighted by Crippen LogP contribution is 1.92. The number of carbonyl (C=O) groups is 1. The van der Waals surface area contributed by atoms with Gasteiger partial charge < -0.3 is 5.11 Å². The minimum absolute atomic E-state index is 0.319. The standard InChI is InChI=1S/C7H4N2O4/c10-5-1-2-8-6(11)3-4(7(12)13)9(5)8/h1-3H,(H,12,13). The number of hydrogen-bond acceptors (Lipinski definition) is 3. The van der Waals surface area contributed by atoms with Crippen LogP contribution in [-0.2, 0) is 0 Å². The van der Waals surface area contributed by atoms with Crippen LogP contribution in [0.2, 0.25) is 0 Å². The number of fused-ring (bicyclic) bond motifs is 1. The fourth-order valence-electron chi connectivity index (χ4n) is 1.18. The molecule has 0 atom stereocenters. The van der Waals surface area contributed by atoms with Gasteiger partial charge in [-0.3, -0.25) is 9.59 Å². The molecule has 0 radical (unpaired) electrons. The number of carboxylic acids is 1. The molecule has 0 aliphatic carbocycles. The molecule has 0 spiro atoms. The molecule has 13 heavy (non-hydrogen) atoms. The number of carboxylic acid groups (broad SMARTS) is 1. The van der Waals surface area contributed by atoms with E-state index >= 15 is 0 Å². The second-order valence-corrected chi connectivity index (χ2v) is 2.48. The van der Waals surface area contributed by atoms with Crippen LogP contribution in [-0.4, -0.2) is 20.1 Å². The molecule has 0 saturated carbocycles. The van der Waals surface area contributed by atoms with Crippen molar-refractivity contribution in [1.29, 1.82) is 0 Å². The summed E-state index contributed by atoms with van der Waals surface area (Å²) in [7, 11) is 0. The van der Waals surface area contributed by atoms with E-state index in [9.17, 15) is 14.4 Å². The summed E-state index contributed by atoms with van der Waals surface area (Å²) in [5, 5.41) is 8.63. The van der Waals surface area contributed by atoms with Crippen molar-refractivity contribution in [1.82, 2.24) is 9.03 Å². The van der Waals surface area contributed by atoms with Crippen molar-refractivity contribution < 1.29 is 9.90 Å². The molecule has 0 amide bonds. The second kappa shape index (κ2) is 2.19. The van der Waals surface area contributed by atoms with Gasteiger partial charge in [0.25, 0.3) is 11.1 Å². The van der Waals surface area contributed by atoms with E-state index in [2.05, 4.69) is 0 Å². The topological polar surface area (TPSA) is 80.3 Å². The average molecular weight is 180 g/mol. The molecule has 2 rings (SSSR count). The van der Waals surface area contributed by atoms with Gasteiger partial charge in [0.2, 0.25) is 0 Å². The minimum Gasteiger partial charge on any atom is -0.477 e. The molecule has 6 nitrogen and oxygen atoms in total. The highest BCUT2D eigenvalue weighted by Gasteiger charge is 2.14. The Labute approximate surface area is 70.6 Å². The Morgan fingerprint density at radius 2 is 2.00 bits per heavy atom. The molecular weight excluding hydrogens is 176 g/mol. The summed E-state index contributed by atoms with van der Waals surface area (Å²) in [4.78, 5) is 32.7. The van der Waals surface area contributed by atoms with Crippen molar-refractivity contribution in [2.45, 2.75) is 0 Å². The Kier molecular flexibility index (Phi) is 1.27. The maximum absolute atomic E-state index is 11.1. The van der Waals surface area contributed by atoms with Crippen LogP contribution < -0.4 is 11.1 Å². The van der Waals surface area contributed by atoms with Gasteiger partial charge in [-0.05, 0) is 0 Å². The summed E-state index contributed by atoms with van der Waals surface area (Å²) in [6, 6.07) is 2.04. The quantitative estimate of drug-likeness (QED) is 0.603. The number of aromatic carboxylic acids is 1. The molecule has 0 saturated heterocycles. The summed E-state index contributed by atoms with van der Waals surface area (Å²) >= 11 is 0. The van der Waals surface area contributed by atoms with Crippen LogP contribution in [0, 0.1) is 0 Å². The lowest BCUT2D eigenvalue weighted by molar-refractivity contribution is 0.0687. The lowest BCUT2D eigenvalue weighted by atomic mass is 10.4. The first-order valence-electron chi connectivity index (χ1n) is 3.41. The lowest BCUT2D eigenvalue weighted by Gasteiger charge is -1.88. The Balaban J connectivity index is 3.06. The monoisotopic (exact) mass is 180 g/mol. The smallest absolute Gasteiger partial charge is 0.354 e. The van der Waals surface area contributed by atoms with Crippen molar-refractivity contribution >= 4 is 5.97 Å². The van der Waals surface area contributed by atoms with Crippen molar-refractivity contribution in [3.8, 4) is 0 Å². The summed E-state index contributed by atoms with van der Waals surface area (Å²) < 4.78 is 1.76. The largest absolute Gasteiger partial charge is 0.477 e. The molecule has 0 fully saturated rings. The minimum atomic E-state index is -1.30. The van der Waals surface area contributed by atoms with Crippen LogP contribution in [0.1, 0.15) is 10.5 Å². The molecule has 0 unspecified atom stereocenters. The van der Waals surface area contributed by atoms with E-state index in [0.717, 1.165) is 21.2 Å². The highest BCUT2D eigenvalue weighted by molar-refractivity contribution is 5.85. The van der Waals surface area contributed by atoms with E-state index in [1.54, 1.807) is 0 Å². The molecule has 2 aromatic heterocycles. The second-order valence-electron chi connectivity index (χ2n) is 2.48. The van der Waals surface area contributed by atoms with Gasteiger partial charge in [0, 0.05) is 18.3 Å². The SMILES string of the molecule is O=C(O)c1cc(=O)n2ccc(=O)n12. The van der Waals surface area contributed by atoms with Gasteiger partial charge >= 0.3 is 5.97 Å². The fraction of sp³-hybridized carbons (Fsp3) is 0. The van der Waals surface area contributed by atoms with Gasteiger partial charge in [0.05, 0.1) is 0 Å². The fourth-order valence-corrected chi connectivity index (χ4v) is 1.18. The van der Waals surface area contributed by atoms with Crippen molar-refractivity contribution in [2.24, 2.45) is 0 Å². The van der Waals surface area contributed by atoms with E-state index in [4.69, 9.17) is 5.11 Å². The summed E-state index contributed by atoms with van der Waals surface area (Å²) in [5.74, 6) is -1.30. The molecule has 2 heterocycles. The number of hydrogen-bond donors (Lipinski definition) is 1. The summed E-state index contributed by atoms with van der Waals surface area (Å²) in [6.07, 6.45) is 1.23. The van der Waals surface area contributed by atoms with Crippen molar-refractivity contribution in [3.63, 3.8) is 0 Å². The number of nitrogens with zero attached hydrogens (tertiary/aromatic N) is 2. The Hall–Kier alpha value is -2.11. The molecular formula is C7H4N2O4. The zero-order chi connectivity index (χ0) is 9.59.